The van der Waals surface area contributed by atoms with Crippen molar-refractivity contribution in [2.45, 2.75) is 33.8 Å². The molecular formula is C15H17NO4. The zero-order valence-corrected chi connectivity index (χ0v) is 12.0. The first-order valence-electron chi connectivity index (χ1n) is 6.48. The van der Waals surface area contributed by atoms with Gasteiger partial charge in [-0.05, 0) is 44.9 Å². The molecule has 20 heavy (non-hydrogen) atoms. The molecule has 0 saturated carbocycles. The molecule has 106 valence electrons. The first-order valence-corrected chi connectivity index (χ1v) is 6.48. The standard InChI is InChI=1S/C15H17NO4/c1-8(2)20-12(17)7-16-11-6-9(3)5-10(4)13(11)14(18)15(16)19/h5-6,8H,7H2,1-4H3. The van der Waals surface area contributed by atoms with Gasteiger partial charge in [0.05, 0.1) is 17.4 Å². The smallest absolute Gasteiger partial charge is 0.326 e. The molecule has 2 rings (SSSR count). The Kier molecular flexibility index (Phi) is 3.61. The highest BCUT2D eigenvalue weighted by atomic mass is 16.5. The van der Waals surface area contributed by atoms with Gasteiger partial charge in [0, 0.05) is 0 Å². The molecule has 1 amide bonds. The van der Waals surface area contributed by atoms with Crippen LogP contribution in [-0.4, -0.2) is 30.3 Å². The van der Waals surface area contributed by atoms with Crippen LogP contribution >= 0.6 is 0 Å². The van der Waals surface area contributed by atoms with E-state index in [4.69, 9.17) is 4.74 Å². The lowest BCUT2D eigenvalue weighted by molar-refractivity contribution is -0.146. The topological polar surface area (TPSA) is 63.7 Å². The van der Waals surface area contributed by atoms with Crippen molar-refractivity contribution in [3.8, 4) is 0 Å². The largest absolute Gasteiger partial charge is 0.462 e. The van der Waals surface area contributed by atoms with Crippen LogP contribution in [0.5, 0.6) is 0 Å². The van der Waals surface area contributed by atoms with Crippen LogP contribution in [0.3, 0.4) is 0 Å². The number of hydrogen-bond donors (Lipinski definition) is 0. The lowest BCUT2D eigenvalue weighted by atomic mass is 10.0. The van der Waals surface area contributed by atoms with Crippen molar-refractivity contribution in [1.29, 1.82) is 0 Å². The van der Waals surface area contributed by atoms with Crippen molar-refractivity contribution in [2.24, 2.45) is 0 Å². The number of carbonyl (C=O) groups excluding carboxylic acids is 3. The van der Waals surface area contributed by atoms with Gasteiger partial charge in [0.15, 0.2) is 0 Å². The maximum Gasteiger partial charge on any atom is 0.326 e. The Balaban J connectivity index is 2.36. The molecular weight excluding hydrogens is 258 g/mol. The van der Waals surface area contributed by atoms with Gasteiger partial charge < -0.3 is 4.74 Å². The van der Waals surface area contributed by atoms with Crippen molar-refractivity contribution >= 4 is 23.3 Å². The Hall–Kier alpha value is -2.17. The van der Waals surface area contributed by atoms with Crippen LogP contribution in [0.4, 0.5) is 5.69 Å². The number of esters is 1. The molecule has 0 radical (unpaired) electrons. The van der Waals surface area contributed by atoms with E-state index in [1.807, 2.05) is 13.0 Å². The molecule has 1 aromatic rings. The fourth-order valence-electron chi connectivity index (χ4n) is 2.38. The first-order chi connectivity index (χ1) is 9.31. The van der Waals surface area contributed by atoms with E-state index >= 15 is 0 Å². The average molecular weight is 275 g/mol. The first kappa shape index (κ1) is 14.2. The number of benzene rings is 1. The maximum absolute atomic E-state index is 12.0. The monoisotopic (exact) mass is 275 g/mol. The summed E-state index contributed by atoms with van der Waals surface area (Å²) in [6, 6.07) is 3.59. The fraction of sp³-hybridized carbons (Fsp3) is 0.400. The van der Waals surface area contributed by atoms with Crippen LogP contribution in [0.1, 0.15) is 35.3 Å². The molecule has 1 heterocycles. The van der Waals surface area contributed by atoms with E-state index in [9.17, 15) is 14.4 Å². The molecule has 0 aliphatic carbocycles. The Labute approximate surface area is 117 Å². The van der Waals surface area contributed by atoms with E-state index in [0.29, 0.717) is 11.3 Å². The lowest BCUT2D eigenvalue weighted by Gasteiger charge is -2.17. The quantitative estimate of drug-likeness (QED) is 0.623. The predicted octanol–water partition coefficient (Wildman–Crippen LogP) is 1.78. The second-order valence-electron chi connectivity index (χ2n) is 5.23. The number of hydrogen-bond acceptors (Lipinski definition) is 4. The molecule has 1 aliphatic heterocycles. The van der Waals surface area contributed by atoms with Crippen molar-refractivity contribution in [1.82, 2.24) is 0 Å². The molecule has 5 nitrogen and oxygen atoms in total. The molecule has 0 saturated heterocycles. The summed E-state index contributed by atoms with van der Waals surface area (Å²) in [6.45, 7) is 6.89. The summed E-state index contributed by atoms with van der Waals surface area (Å²) < 4.78 is 5.03. The summed E-state index contributed by atoms with van der Waals surface area (Å²) in [5.74, 6) is -1.75. The molecule has 1 aliphatic rings. The van der Waals surface area contributed by atoms with Crippen molar-refractivity contribution in [3.63, 3.8) is 0 Å². The Morgan fingerprint density at radius 2 is 1.90 bits per heavy atom. The fourth-order valence-corrected chi connectivity index (χ4v) is 2.38. The van der Waals surface area contributed by atoms with Gasteiger partial charge in [-0.1, -0.05) is 6.07 Å². The minimum Gasteiger partial charge on any atom is -0.462 e. The van der Waals surface area contributed by atoms with E-state index in [2.05, 4.69) is 0 Å². The molecule has 0 spiro atoms. The number of nitrogens with zero attached hydrogens (tertiary/aromatic N) is 1. The lowest BCUT2D eigenvalue weighted by Crippen LogP contribution is -2.36. The Morgan fingerprint density at radius 1 is 1.25 bits per heavy atom. The summed E-state index contributed by atoms with van der Waals surface area (Å²) in [5, 5.41) is 0. The van der Waals surface area contributed by atoms with Crippen LogP contribution in [0.2, 0.25) is 0 Å². The second-order valence-corrected chi connectivity index (χ2v) is 5.23. The zero-order chi connectivity index (χ0) is 15.0. The molecule has 0 bridgehead atoms. The van der Waals surface area contributed by atoms with Crippen molar-refractivity contribution in [2.75, 3.05) is 11.4 Å². The third-order valence-corrected chi connectivity index (χ3v) is 3.07. The van der Waals surface area contributed by atoms with Crippen LogP contribution in [-0.2, 0) is 14.3 Å². The number of ether oxygens (including phenoxy) is 1. The maximum atomic E-state index is 12.0. The third-order valence-electron chi connectivity index (χ3n) is 3.07. The van der Waals surface area contributed by atoms with Gasteiger partial charge in [-0.25, -0.2) is 0 Å². The number of anilines is 1. The summed E-state index contributed by atoms with van der Waals surface area (Å²) in [7, 11) is 0. The number of carbonyl (C=O) groups is 3. The SMILES string of the molecule is Cc1cc(C)c2c(c1)N(CC(=O)OC(C)C)C(=O)C2=O. The third kappa shape index (κ3) is 2.43. The summed E-state index contributed by atoms with van der Waals surface area (Å²) in [5.41, 5.74) is 2.57. The number of aryl methyl sites for hydroxylation is 2. The number of Topliss-reactive ketones (excluding diaryl/α,β-unsaturated/α-hetero) is 1. The second kappa shape index (κ2) is 5.07. The van der Waals surface area contributed by atoms with E-state index < -0.39 is 17.7 Å². The highest BCUT2D eigenvalue weighted by molar-refractivity contribution is 6.53. The number of amides is 1. The molecule has 0 unspecified atom stereocenters. The van der Waals surface area contributed by atoms with Gasteiger partial charge in [-0.2, -0.15) is 0 Å². The minimum absolute atomic E-state index is 0.237. The highest BCUT2D eigenvalue weighted by Gasteiger charge is 2.38. The van der Waals surface area contributed by atoms with Crippen LogP contribution in [0.25, 0.3) is 0 Å². The predicted molar refractivity (Wildman–Crippen MR) is 73.8 cm³/mol. The van der Waals surface area contributed by atoms with Crippen LogP contribution in [0, 0.1) is 13.8 Å². The molecule has 5 heteroatoms. The van der Waals surface area contributed by atoms with E-state index in [1.54, 1.807) is 26.8 Å². The van der Waals surface area contributed by atoms with Gasteiger partial charge in [0.1, 0.15) is 6.54 Å². The molecule has 0 aromatic heterocycles. The van der Waals surface area contributed by atoms with Gasteiger partial charge in [0.2, 0.25) is 0 Å². The minimum atomic E-state index is -0.672. The van der Waals surface area contributed by atoms with Crippen LogP contribution < -0.4 is 4.90 Å². The number of ketones is 1. The van der Waals surface area contributed by atoms with E-state index in [-0.39, 0.29) is 12.6 Å². The van der Waals surface area contributed by atoms with Crippen molar-refractivity contribution < 1.29 is 19.1 Å². The summed E-state index contributed by atoms with van der Waals surface area (Å²) >= 11 is 0. The zero-order valence-electron chi connectivity index (χ0n) is 12.0. The Bertz CT molecular complexity index is 604. The average Bonchev–Trinajstić information content (AvgIpc) is 2.53. The van der Waals surface area contributed by atoms with Gasteiger partial charge in [-0.15, -0.1) is 0 Å². The number of rotatable bonds is 3. The molecule has 0 atom stereocenters. The van der Waals surface area contributed by atoms with Crippen LogP contribution in [0.15, 0.2) is 12.1 Å². The van der Waals surface area contributed by atoms with E-state index in [0.717, 1.165) is 11.1 Å². The van der Waals surface area contributed by atoms with E-state index in [1.165, 1.54) is 4.90 Å². The molecule has 1 aromatic carbocycles. The normalized spacial score (nSPS) is 13.9. The Morgan fingerprint density at radius 3 is 2.50 bits per heavy atom. The van der Waals surface area contributed by atoms with Gasteiger partial charge in [-0.3, -0.25) is 19.3 Å². The summed E-state index contributed by atoms with van der Waals surface area (Å²) in [4.78, 5) is 36.9. The number of fused-ring (bicyclic) bond motifs is 1. The van der Waals surface area contributed by atoms with Gasteiger partial charge >= 0.3 is 5.97 Å². The van der Waals surface area contributed by atoms with Gasteiger partial charge in [0.25, 0.3) is 11.7 Å². The molecule has 0 N–H and O–H groups in total. The summed E-state index contributed by atoms with van der Waals surface area (Å²) in [6.07, 6.45) is -0.255. The van der Waals surface area contributed by atoms with Crippen molar-refractivity contribution in [3.05, 3.63) is 28.8 Å². The molecule has 0 fully saturated rings. The highest BCUT2D eigenvalue weighted by Crippen LogP contribution is 2.32.